The molecular weight excluding hydrogens is 262 g/mol. The molecule has 0 amide bonds. The van der Waals surface area contributed by atoms with E-state index >= 15 is 0 Å². The molecule has 2 rings (SSSR count). The molecule has 0 saturated carbocycles. The van der Waals surface area contributed by atoms with Crippen LogP contribution in [0.15, 0.2) is 54.7 Å². The average Bonchev–Trinajstić information content (AvgIpc) is 2.53. The number of benzene rings is 1. The van der Waals surface area contributed by atoms with Crippen molar-refractivity contribution in [3.05, 3.63) is 66.0 Å². The maximum absolute atomic E-state index is 10.3. The fraction of sp³-hybridized carbons (Fsp3) is 0.294. The number of nitrogens with zero attached hydrogens (tertiary/aromatic N) is 3. The van der Waals surface area contributed by atoms with Crippen molar-refractivity contribution in [2.24, 2.45) is 5.92 Å². The van der Waals surface area contributed by atoms with Gasteiger partial charge in [0.05, 0.1) is 17.7 Å². The Morgan fingerprint density at radius 1 is 1.19 bits per heavy atom. The van der Waals surface area contributed by atoms with Gasteiger partial charge in [-0.3, -0.25) is 4.98 Å². The van der Waals surface area contributed by atoms with Crippen LogP contribution in [0, 0.1) is 17.2 Å². The van der Waals surface area contributed by atoms with Crippen LogP contribution in [-0.2, 0) is 6.54 Å². The summed E-state index contributed by atoms with van der Waals surface area (Å²) in [7, 11) is 1.95. The van der Waals surface area contributed by atoms with Crippen LogP contribution in [0.4, 0.5) is 0 Å². The summed E-state index contributed by atoms with van der Waals surface area (Å²) in [6.45, 7) is 1.23. The largest absolute Gasteiger partial charge is 0.385 e. The number of rotatable bonds is 6. The van der Waals surface area contributed by atoms with Gasteiger partial charge in [0.15, 0.2) is 0 Å². The number of aromatic nitrogens is 1. The van der Waals surface area contributed by atoms with E-state index in [0.29, 0.717) is 12.2 Å². The Kier molecular flexibility index (Phi) is 5.44. The third kappa shape index (κ3) is 4.38. The van der Waals surface area contributed by atoms with E-state index in [4.69, 9.17) is 0 Å². The normalized spacial score (nSPS) is 13.6. The zero-order valence-corrected chi connectivity index (χ0v) is 12.1. The summed E-state index contributed by atoms with van der Waals surface area (Å²) < 4.78 is 0. The molecule has 108 valence electrons. The highest BCUT2D eigenvalue weighted by Crippen LogP contribution is 2.20. The van der Waals surface area contributed by atoms with E-state index in [1.165, 1.54) is 5.56 Å². The van der Waals surface area contributed by atoms with E-state index in [0.717, 1.165) is 6.54 Å². The number of hydrogen-bond donors (Lipinski definition) is 1. The second kappa shape index (κ2) is 7.53. The molecule has 0 aliphatic carbocycles. The lowest BCUT2D eigenvalue weighted by Gasteiger charge is -2.23. The molecule has 4 heteroatoms. The van der Waals surface area contributed by atoms with Crippen molar-refractivity contribution in [2.45, 2.75) is 12.6 Å². The first-order chi connectivity index (χ1) is 10.2. The minimum atomic E-state index is -0.866. The van der Waals surface area contributed by atoms with Crippen LogP contribution in [0.2, 0.25) is 0 Å². The summed E-state index contributed by atoms with van der Waals surface area (Å²) in [5.41, 5.74) is 1.72. The van der Waals surface area contributed by atoms with Gasteiger partial charge in [-0.1, -0.05) is 36.4 Å². The molecule has 1 aromatic heterocycles. The van der Waals surface area contributed by atoms with E-state index in [2.05, 4.69) is 11.1 Å². The highest BCUT2D eigenvalue weighted by atomic mass is 16.3. The van der Waals surface area contributed by atoms with Gasteiger partial charge in [0, 0.05) is 19.3 Å². The van der Waals surface area contributed by atoms with E-state index in [1.807, 2.05) is 48.3 Å². The van der Waals surface area contributed by atoms with Crippen LogP contribution in [0.3, 0.4) is 0 Å². The summed E-state index contributed by atoms with van der Waals surface area (Å²) in [5, 5.41) is 19.6. The van der Waals surface area contributed by atoms with Gasteiger partial charge in [-0.25, -0.2) is 0 Å². The molecule has 0 saturated heterocycles. The fourth-order valence-corrected chi connectivity index (χ4v) is 2.26. The molecule has 0 aliphatic rings. The molecule has 0 bridgehead atoms. The lowest BCUT2D eigenvalue weighted by atomic mass is 10.00. The Morgan fingerprint density at radius 3 is 2.52 bits per heavy atom. The summed E-state index contributed by atoms with van der Waals surface area (Å²) >= 11 is 0. The third-order valence-corrected chi connectivity index (χ3v) is 3.34. The third-order valence-electron chi connectivity index (χ3n) is 3.34. The lowest BCUT2D eigenvalue weighted by molar-refractivity contribution is 0.107. The Balaban J connectivity index is 1.97. The molecule has 2 atom stereocenters. The van der Waals surface area contributed by atoms with E-state index in [-0.39, 0.29) is 0 Å². The molecule has 0 radical (unpaired) electrons. The van der Waals surface area contributed by atoms with Crippen LogP contribution >= 0.6 is 0 Å². The van der Waals surface area contributed by atoms with Crippen LogP contribution in [0.25, 0.3) is 0 Å². The predicted octanol–water partition coefficient (Wildman–Crippen LogP) is 2.39. The minimum Gasteiger partial charge on any atom is -0.385 e. The minimum absolute atomic E-state index is 0.489. The topological polar surface area (TPSA) is 60.2 Å². The number of nitriles is 1. The molecule has 1 aromatic carbocycles. The highest BCUT2D eigenvalue weighted by Gasteiger charge is 2.23. The summed E-state index contributed by atoms with van der Waals surface area (Å²) in [4.78, 5) is 6.16. The summed E-state index contributed by atoms with van der Waals surface area (Å²) in [6, 6.07) is 17.6. The van der Waals surface area contributed by atoms with Crippen molar-refractivity contribution in [3.8, 4) is 6.07 Å². The smallest absolute Gasteiger partial charge is 0.113 e. The zero-order valence-electron chi connectivity index (χ0n) is 12.1. The Bertz CT molecular complexity index is 580. The van der Waals surface area contributed by atoms with Crippen LogP contribution < -0.4 is 0 Å². The van der Waals surface area contributed by atoms with Crippen molar-refractivity contribution in [3.63, 3.8) is 0 Å². The van der Waals surface area contributed by atoms with Gasteiger partial charge in [-0.15, -0.1) is 0 Å². The molecule has 0 unspecified atom stereocenters. The number of hydrogen-bond acceptors (Lipinski definition) is 4. The highest BCUT2D eigenvalue weighted by molar-refractivity contribution is 5.15. The van der Waals surface area contributed by atoms with Crippen molar-refractivity contribution < 1.29 is 5.11 Å². The molecule has 0 aliphatic heterocycles. The van der Waals surface area contributed by atoms with Crippen LogP contribution in [-0.4, -0.2) is 28.6 Å². The maximum Gasteiger partial charge on any atom is 0.113 e. The fourth-order valence-electron chi connectivity index (χ4n) is 2.26. The number of pyridine rings is 1. The molecule has 0 spiro atoms. The second-order valence-electron chi connectivity index (χ2n) is 5.12. The van der Waals surface area contributed by atoms with Gasteiger partial charge in [0.25, 0.3) is 0 Å². The van der Waals surface area contributed by atoms with Gasteiger partial charge in [0.1, 0.15) is 6.10 Å². The van der Waals surface area contributed by atoms with Crippen molar-refractivity contribution in [1.29, 1.82) is 5.26 Å². The Morgan fingerprint density at radius 2 is 1.90 bits per heavy atom. The molecule has 1 N–H and O–H groups in total. The second-order valence-corrected chi connectivity index (χ2v) is 5.12. The lowest BCUT2D eigenvalue weighted by Crippen LogP contribution is -2.28. The van der Waals surface area contributed by atoms with Crippen molar-refractivity contribution in [2.75, 3.05) is 13.6 Å². The first-order valence-corrected chi connectivity index (χ1v) is 6.92. The molecule has 1 heterocycles. The van der Waals surface area contributed by atoms with Crippen molar-refractivity contribution >= 4 is 0 Å². The maximum atomic E-state index is 10.3. The molecule has 4 nitrogen and oxygen atoms in total. The van der Waals surface area contributed by atoms with Gasteiger partial charge in [-0.2, -0.15) is 5.26 Å². The Hall–Kier alpha value is -2.22. The Labute approximate surface area is 125 Å². The quantitative estimate of drug-likeness (QED) is 0.883. The molecular formula is C17H19N3O. The standard InChI is InChI=1S/C17H19N3O/c1-20(12-14-7-3-2-4-8-14)13-15(11-18)17(21)16-9-5-6-10-19-16/h2-10,15,17,21H,12-13H2,1H3/t15-,17+/m1/s1. The number of aliphatic hydroxyl groups excluding tert-OH is 1. The first-order valence-electron chi connectivity index (χ1n) is 6.92. The van der Waals surface area contributed by atoms with Gasteiger partial charge < -0.3 is 10.0 Å². The zero-order chi connectivity index (χ0) is 15.1. The molecule has 0 fully saturated rings. The van der Waals surface area contributed by atoms with E-state index in [1.54, 1.807) is 18.3 Å². The SMILES string of the molecule is CN(Cc1ccccc1)C[C@@H](C#N)[C@H](O)c1ccccn1. The predicted molar refractivity (Wildman–Crippen MR) is 81.1 cm³/mol. The summed E-state index contributed by atoms with van der Waals surface area (Å²) in [5.74, 6) is -0.506. The van der Waals surface area contributed by atoms with Crippen molar-refractivity contribution in [1.82, 2.24) is 9.88 Å². The first kappa shape index (κ1) is 15.2. The monoisotopic (exact) mass is 281 g/mol. The van der Waals surface area contributed by atoms with Gasteiger partial charge >= 0.3 is 0 Å². The van der Waals surface area contributed by atoms with Crippen LogP contribution in [0.1, 0.15) is 17.4 Å². The van der Waals surface area contributed by atoms with Gasteiger partial charge in [0.2, 0.25) is 0 Å². The van der Waals surface area contributed by atoms with E-state index in [9.17, 15) is 10.4 Å². The molecule has 2 aromatic rings. The van der Waals surface area contributed by atoms with Crippen LogP contribution in [0.5, 0.6) is 0 Å². The number of aliphatic hydroxyl groups is 1. The van der Waals surface area contributed by atoms with Gasteiger partial charge in [-0.05, 0) is 24.7 Å². The summed E-state index contributed by atoms with van der Waals surface area (Å²) in [6.07, 6.45) is 0.759. The average molecular weight is 281 g/mol. The van der Waals surface area contributed by atoms with E-state index < -0.39 is 12.0 Å². The molecule has 21 heavy (non-hydrogen) atoms.